The lowest BCUT2D eigenvalue weighted by molar-refractivity contribution is -0.131. The average Bonchev–Trinajstić information content (AvgIpc) is 2.70. The summed E-state index contributed by atoms with van der Waals surface area (Å²) < 4.78 is 84.1. The number of hydrogen-bond donors (Lipinski definition) is 1. The van der Waals surface area contributed by atoms with E-state index in [2.05, 4.69) is 0 Å². The minimum atomic E-state index is -3.15. The van der Waals surface area contributed by atoms with Crippen molar-refractivity contribution in [2.45, 2.75) is 44.6 Å². The van der Waals surface area contributed by atoms with Gasteiger partial charge in [0.05, 0.1) is 19.8 Å². The number of rotatable bonds is 4. The second kappa shape index (κ2) is 6.37. The van der Waals surface area contributed by atoms with Gasteiger partial charge in [0, 0.05) is 43.8 Å². The van der Waals surface area contributed by atoms with Gasteiger partial charge in [-0.25, -0.2) is 0 Å². The minimum Gasteiger partial charge on any atom is -0.493 e. The van der Waals surface area contributed by atoms with Crippen molar-refractivity contribution < 1.29 is 31.7 Å². The van der Waals surface area contributed by atoms with Crippen LogP contribution in [0.3, 0.4) is 0 Å². The zero-order valence-corrected chi connectivity index (χ0v) is 13.8. The Balaban J connectivity index is 2.15. The Morgan fingerprint density at radius 2 is 2.17 bits per heavy atom. The van der Waals surface area contributed by atoms with Crippen molar-refractivity contribution >= 4 is 5.78 Å². The number of piperidine rings is 1. The van der Waals surface area contributed by atoms with Crippen LogP contribution < -0.4 is 9.47 Å². The monoisotopic (exact) mass is 342 g/mol. The van der Waals surface area contributed by atoms with E-state index in [1.54, 1.807) is 0 Å². The van der Waals surface area contributed by atoms with Crippen molar-refractivity contribution in [3.05, 3.63) is 23.3 Å². The molecule has 0 bridgehead atoms. The number of carbonyl (C=O) groups excluding carboxylic acids is 1. The summed E-state index contributed by atoms with van der Waals surface area (Å²) in [4.78, 5) is 14.1. The maximum Gasteiger partial charge on any atom is 0.161 e. The number of ketones is 1. The first-order chi connectivity index (χ1) is 14.9. The molecule has 2 aliphatic rings. The number of hydrogen-bond acceptors (Lipinski definition) is 5. The molecule has 0 spiro atoms. The Morgan fingerprint density at radius 3 is 2.83 bits per heavy atom. The van der Waals surface area contributed by atoms with E-state index in [1.165, 1.54) is 26.4 Å². The summed E-state index contributed by atoms with van der Waals surface area (Å²) in [6, 6.07) is 1.86. The van der Waals surface area contributed by atoms with Crippen molar-refractivity contribution in [3.63, 3.8) is 0 Å². The van der Waals surface area contributed by atoms with E-state index in [0.717, 1.165) is 11.8 Å². The van der Waals surface area contributed by atoms with Gasteiger partial charge in [0.15, 0.2) is 11.5 Å². The molecule has 24 heavy (non-hydrogen) atoms. The molecule has 0 aliphatic carbocycles. The third-order valence-corrected chi connectivity index (χ3v) is 4.24. The van der Waals surface area contributed by atoms with E-state index in [-0.39, 0.29) is 17.1 Å². The Hall–Kier alpha value is -1.59. The zero-order valence-electron chi connectivity index (χ0n) is 22.8. The van der Waals surface area contributed by atoms with Gasteiger partial charge in [0.25, 0.3) is 0 Å². The molecule has 3 atom stereocenters. The van der Waals surface area contributed by atoms with Gasteiger partial charge < -0.3 is 14.6 Å². The van der Waals surface area contributed by atoms with E-state index < -0.39 is 62.4 Å². The number of ether oxygens (including phenoxy) is 2. The van der Waals surface area contributed by atoms with Gasteiger partial charge in [-0.1, -0.05) is 0 Å². The van der Waals surface area contributed by atoms with Crippen molar-refractivity contribution in [2.75, 3.05) is 27.3 Å². The highest BCUT2D eigenvalue weighted by molar-refractivity contribution is 5.83. The Bertz CT molecular complexity index is 961. The van der Waals surface area contributed by atoms with Crippen molar-refractivity contribution in [1.82, 2.24) is 4.90 Å². The van der Waals surface area contributed by atoms with Gasteiger partial charge >= 0.3 is 0 Å². The molecule has 1 fully saturated rings. The molecule has 1 N–H and O–H groups in total. The molecule has 1 saturated heterocycles. The van der Waals surface area contributed by atoms with Crippen LogP contribution in [0.2, 0.25) is 0 Å². The third-order valence-electron chi connectivity index (χ3n) is 4.24. The predicted octanol–water partition coefficient (Wildman–Crippen LogP) is 2.35. The Labute approximate surface area is 156 Å². The maximum absolute atomic E-state index is 13.1. The van der Waals surface area contributed by atoms with Crippen LogP contribution in [0.1, 0.15) is 56.1 Å². The molecule has 2 aliphatic heterocycles. The lowest BCUT2D eigenvalue weighted by Gasteiger charge is -2.44. The number of fused-ring (bicyclic) bond motifs is 3. The van der Waals surface area contributed by atoms with Gasteiger partial charge in [-0.3, -0.25) is 9.69 Å². The fourth-order valence-electron chi connectivity index (χ4n) is 3.15. The standard InChI is InChI=1S/C19H27NO4/c1-19(2,22)10-13-11-20-6-5-12-7-17(23-3)18(24-4)8-14(12)15(20)9-16(13)21/h7-8,13,15,22H,5-6,9-11H2,1-4H3/t13-,15-/m0/s1/i1D3,5D2,6D2,10D2/t13-,15-,19?. The number of methoxy groups -OCH3 is 2. The van der Waals surface area contributed by atoms with Crippen LogP contribution in [0.5, 0.6) is 11.5 Å². The SMILES string of the molecule is [2H]C([2H])([2H])C(C)(O)C([2H])([2H])[C@H]1CN2[C@@H](CC1=O)c1cc(OC)c(OC)cc1C([2H])([2H])C2([2H])[2H]. The van der Waals surface area contributed by atoms with E-state index in [9.17, 15) is 9.90 Å². The molecule has 1 aromatic carbocycles. The first-order valence-corrected chi connectivity index (χ1v) is 7.64. The van der Waals surface area contributed by atoms with Crippen molar-refractivity contribution in [3.8, 4) is 11.5 Å². The molecular weight excluding hydrogens is 306 g/mol. The predicted molar refractivity (Wildman–Crippen MR) is 91.6 cm³/mol. The summed E-state index contributed by atoms with van der Waals surface area (Å²) in [5, 5.41) is 10.6. The number of nitrogens with zero attached hydrogens (tertiary/aromatic N) is 1. The number of Topliss-reactive ketones (excluding diaryl/α,β-unsaturated/α-hetero) is 1. The summed E-state index contributed by atoms with van der Waals surface area (Å²) in [5.41, 5.74) is -2.62. The second-order valence-corrected chi connectivity index (χ2v) is 6.14. The van der Waals surface area contributed by atoms with Crippen LogP contribution >= 0.6 is 0 Å². The number of benzene rings is 1. The number of aliphatic hydroxyl groups is 1. The van der Waals surface area contributed by atoms with Gasteiger partial charge in [-0.2, -0.15) is 0 Å². The maximum atomic E-state index is 13.1. The molecule has 0 radical (unpaired) electrons. The summed E-state index contributed by atoms with van der Waals surface area (Å²) in [7, 11) is 2.74. The van der Waals surface area contributed by atoms with Gasteiger partial charge in [-0.05, 0) is 49.8 Å². The molecule has 3 rings (SSSR count). The largest absolute Gasteiger partial charge is 0.493 e. The average molecular weight is 342 g/mol. The number of carbonyl (C=O) groups is 1. The fraction of sp³-hybridized carbons (Fsp3) is 0.632. The lowest BCUT2D eigenvalue weighted by atomic mass is 9.79. The molecule has 0 saturated carbocycles. The quantitative estimate of drug-likeness (QED) is 0.910. The molecule has 1 aromatic rings. The van der Waals surface area contributed by atoms with Crippen LogP contribution in [-0.2, 0) is 11.2 Å². The van der Waals surface area contributed by atoms with Crippen molar-refractivity contribution in [1.29, 1.82) is 0 Å². The van der Waals surface area contributed by atoms with E-state index >= 15 is 0 Å². The topological polar surface area (TPSA) is 59.0 Å². The molecule has 0 aromatic heterocycles. The van der Waals surface area contributed by atoms with Gasteiger partial charge in [-0.15, -0.1) is 0 Å². The van der Waals surface area contributed by atoms with Crippen LogP contribution in [0, 0.1) is 5.92 Å². The molecule has 5 nitrogen and oxygen atoms in total. The Kier molecular flexibility index (Phi) is 2.44. The highest BCUT2D eigenvalue weighted by atomic mass is 16.5. The van der Waals surface area contributed by atoms with Crippen molar-refractivity contribution in [2.24, 2.45) is 5.92 Å². The molecular formula is C19H27NO4. The minimum absolute atomic E-state index is 0.0184. The van der Waals surface area contributed by atoms with Gasteiger partial charge in [0.2, 0.25) is 0 Å². The summed E-state index contributed by atoms with van der Waals surface area (Å²) in [6.07, 6.45) is -5.94. The van der Waals surface area contributed by atoms with Crippen LogP contribution in [-0.4, -0.2) is 48.7 Å². The second-order valence-electron chi connectivity index (χ2n) is 6.14. The third kappa shape index (κ3) is 3.28. The lowest BCUT2D eigenvalue weighted by Crippen LogP contribution is -2.47. The molecule has 132 valence electrons. The van der Waals surface area contributed by atoms with Crippen LogP contribution in [0.4, 0.5) is 0 Å². The molecule has 1 unspecified atom stereocenters. The van der Waals surface area contributed by atoms with E-state index in [4.69, 9.17) is 21.8 Å². The van der Waals surface area contributed by atoms with E-state index in [1.807, 2.05) is 0 Å². The molecule has 0 amide bonds. The normalized spacial score (nSPS) is 37.2. The zero-order chi connectivity index (χ0) is 25.4. The molecule has 5 heteroatoms. The van der Waals surface area contributed by atoms with Crippen LogP contribution in [0.15, 0.2) is 12.1 Å². The first-order valence-electron chi connectivity index (χ1n) is 12.1. The first kappa shape index (κ1) is 9.20. The van der Waals surface area contributed by atoms with Crippen LogP contribution in [0.25, 0.3) is 0 Å². The molecule has 2 heterocycles. The van der Waals surface area contributed by atoms with E-state index in [0.29, 0.717) is 5.56 Å². The smallest absolute Gasteiger partial charge is 0.161 e. The van der Waals surface area contributed by atoms with Gasteiger partial charge in [0.1, 0.15) is 5.78 Å². The summed E-state index contributed by atoms with van der Waals surface area (Å²) >= 11 is 0. The summed E-state index contributed by atoms with van der Waals surface area (Å²) in [6.45, 7) is -5.68. The fourth-order valence-corrected chi connectivity index (χ4v) is 3.15. The number of aryl methyl sites for hydroxylation is 1. The summed E-state index contributed by atoms with van der Waals surface area (Å²) in [5.74, 6) is -1.94. The highest BCUT2D eigenvalue weighted by Gasteiger charge is 2.40. The highest BCUT2D eigenvalue weighted by Crippen LogP contribution is 2.42. The Morgan fingerprint density at radius 1 is 1.46 bits per heavy atom.